The van der Waals surface area contributed by atoms with E-state index in [1.54, 1.807) is 6.07 Å². The lowest BCUT2D eigenvalue weighted by molar-refractivity contribution is 0.0696. The Labute approximate surface area is 74.2 Å². The van der Waals surface area contributed by atoms with Gasteiger partial charge in [0.1, 0.15) is 11.6 Å². The van der Waals surface area contributed by atoms with Crippen molar-refractivity contribution in [2.24, 2.45) is 0 Å². The van der Waals surface area contributed by atoms with Crippen LogP contribution in [0.25, 0.3) is 0 Å². The summed E-state index contributed by atoms with van der Waals surface area (Å²) in [4.78, 5) is 14.3. The highest BCUT2D eigenvalue weighted by atomic mass is 16.5. The molecule has 0 aliphatic carbocycles. The first-order valence-electron chi connectivity index (χ1n) is 3.37. The van der Waals surface area contributed by atoms with Crippen LogP contribution in [0.5, 0.6) is 5.88 Å². The van der Waals surface area contributed by atoms with Crippen molar-refractivity contribution in [3.05, 3.63) is 23.4 Å². The van der Waals surface area contributed by atoms with Crippen molar-refractivity contribution in [3.8, 4) is 11.9 Å². The van der Waals surface area contributed by atoms with Gasteiger partial charge in [-0.25, -0.2) is 9.78 Å². The lowest BCUT2D eigenvalue weighted by Crippen LogP contribution is -2.03. The lowest BCUT2D eigenvalue weighted by atomic mass is 10.1. The third-order valence-electron chi connectivity index (χ3n) is 1.45. The normalized spacial score (nSPS) is 8.92. The van der Waals surface area contributed by atoms with Crippen molar-refractivity contribution in [2.75, 3.05) is 7.11 Å². The fraction of sp³-hybridized carbons (Fsp3) is 0.125. The summed E-state index contributed by atoms with van der Waals surface area (Å²) in [5.41, 5.74) is -0.160. The molecular weight excluding hydrogens is 172 g/mol. The molecule has 0 spiro atoms. The molecule has 0 radical (unpaired) electrons. The number of carbonyl (C=O) groups is 1. The van der Waals surface area contributed by atoms with Gasteiger partial charge in [0, 0.05) is 6.20 Å². The number of nitriles is 1. The van der Waals surface area contributed by atoms with Gasteiger partial charge in [0.25, 0.3) is 0 Å². The zero-order valence-electron chi connectivity index (χ0n) is 6.81. The van der Waals surface area contributed by atoms with Gasteiger partial charge >= 0.3 is 5.97 Å². The maximum absolute atomic E-state index is 10.6. The molecule has 5 heteroatoms. The molecule has 13 heavy (non-hydrogen) atoms. The predicted molar refractivity (Wildman–Crippen MR) is 42.5 cm³/mol. The number of aromatic carboxylic acids is 1. The molecule has 0 aliphatic rings. The summed E-state index contributed by atoms with van der Waals surface area (Å²) in [6.07, 6.45) is 1.28. The van der Waals surface area contributed by atoms with Crippen LogP contribution in [-0.2, 0) is 0 Å². The fourth-order valence-corrected chi connectivity index (χ4v) is 0.884. The number of hydrogen-bond donors (Lipinski definition) is 1. The van der Waals surface area contributed by atoms with E-state index in [1.807, 2.05) is 0 Å². The zero-order valence-corrected chi connectivity index (χ0v) is 6.81. The molecule has 0 unspecified atom stereocenters. The number of rotatable bonds is 2. The van der Waals surface area contributed by atoms with Crippen LogP contribution in [-0.4, -0.2) is 23.2 Å². The Hall–Kier alpha value is -2.09. The first-order valence-corrected chi connectivity index (χ1v) is 3.37. The van der Waals surface area contributed by atoms with Gasteiger partial charge in [-0.3, -0.25) is 0 Å². The Balaban J connectivity index is 3.38. The lowest BCUT2D eigenvalue weighted by Gasteiger charge is -2.02. The summed E-state index contributed by atoms with van der Waals surface area (Å²) in [5.74, 6) is -1.14. The van der Waals surface area contributed by atoms with Crippen LogP contribution in [0.2, 0.25) is 0 Å². The highest BCUT2D eigenvalue weighted by molar-refractivity contribution is 5.91. The van der Waals surface area contributed by atoms with Crippen molar-refractivity contribution in [1.82, 2.24) is 4.98 Å². The van der Waals surface area contributed by atoms with Crippen molar-refractivity contribution in [1.29, 1.82) is 5.26 Å². The van der Waals surface area contributed by atoms with Gasteiger partial charge in [0.05, 0.1) is 12.7 Å². The van der Waals surface area contributed by atoms with Gasteiger partial charge < -0.3 is 9.84 Å². The number of methoxy groups -OCH3 is 1. The average Bonchev–Trinajstić information content (AvgIpc) is 2.16. The van der Waals surface area contributed by atoms with E-state index in [4.69, 9.17) is 15.1 Å². The molecule has 0 saturated heterocycles. The molecule has 1 aromatic rings. The Morgan fingerprint density at radius 1 is 1.77 bits per heavy atom. The third-order valence-corrected chi connectivity index (χ3v) is 1.45. The van der Waals surface area contributed by atoms with Crippen LogP contribution in [0.1, 0.15) is 15.9 Å². The Morgan fingerprint density at radius 2 is 2.46 bits per heavy atom. The summed E-state index contributed by atoms with van der Waals surface area (Å²) in [5, 5.41) is 17.3. The summed E-state index contributed by atoms with van der Waals surface area (Å²) in [7, 11) is 1.33. The number of hydrogen-bond acceptors (Lipinski definition) is 4. The first-order chi connectivity index (χ1) is 6.20. The van der Waals surface area contributed by atoms with Crippen molar-refractivity contribution in [3.63, 3.8) is 0 Å². The maximum atomic E-state index is 10.6. The molecule has 0 aliphatic heterocycles. The van der Waals surface area contributed by atoms with Crippen LogP contribution in [0.15, 0.2) is 12.3 Å². The molecule has 0 fully saturated rings. The van der Waals surface area contributed by atoms with Crippen molar-refractivity contribution in [2.45, 2.75) is 0 Å². The van der Waals surface area contributed by atoms with Crippen LogP contribution >= 0.6 is 0 Å². The van der Waals surface area contributed by atoms with E-state index in [2.05, 4.69) is 4.98 Å². The van der Waals surface area contributed by atoms with Crippen LogP contribution in [0.4, 0.5) is 0 Å². The fourth-order valence-electron chi connectivity index (χ4n) is 0.884. The first kappa shape index (κ1) is 9.00. The standard InChI is InChI=1S/C8H6N2O3/c1-13-7-6(4-9)5(8(11)12)2-3-10-7/h2-3H,1H3,(H,11,12). The van der Waals surface area contributed by atoms with E-state index in [0.29, 0.717) is 0 Å². The molecule has 0 saturated carbocycles. The van der Waals surface area contributed by atoms with E-state index in [0.717, 1.165) is 0 Å². The molecule has 0 aromatic carbocycles. The summed E-state index contributed by atoms with van der Waals surface area (Å²) < 4.78 is 4.73. The van der Waals surface area contributed by atoms with Gasteiger partial charge in [0.2, 0.25) is 5.88 Å². The quantitative estimate of drug-likeness (QED) is 0.719. The second-order valence-electron chi connectivity index (χ2n) is 2.16. The van der Waals surface area contributed by atoms with E-state index in [-0.39, 0.29) is 17.0 Å². The molecule has 66 valence electrons. The third kappa shape index (κ3) is 1.56. The van der Waals surface area contributed by atoms with Crippen molar-refractivity contribution < 1.29 is 14.6 Å². The molecule has 1 rings (SSSR count). The molecule has 0 bridgehead atoms. The van der Waals surface area contributed by atoms with Gasteiger partial charge in [0.15, 0.2) is 0 Å². The van der Waals surface area contributed by atoms with Crippen LogP contribution < -0.4 is 4.74 Å². The predicted octanol–water partition coefficient (Wildman–Crippen LogP) is 0.660. The highest BCUT2D eigenvalue weighted by Crippen LogP contribution is 2.17. The van der Waals surface area contributed by atoms with Gasteiger partial charge in [-0.1, -0.05) is 0 Å². The maximum Gasteiger partial charge on any atom is 0.337 e. The minimum absolute atomic E-state index is 0.0300. The number of nitrogens with zero attached hydrogens (tertiary/aromatic N) is 2. The average molecular weight is 178 g/mol. The van der Waals surface area contributed by atoms with Gasteiger partial charge in [-0.2, -0.15) is 5.26 Å². The molecule has 1 heterocycles. The van der Waals surface area contributed by atoms with E-state index < -0.39 is 5.97 Å². The number of ether oxygens (including phenoxy) is 1. The second kappa shape index (κ2) is 3.54. The number of aromatic nitrogens is 1. The number of carboxylic acid groups (broad SMARTS) is 1. The minimum Gasteiger partial charge on any atom is -0.480 e. The molecule has 0 amide bonds. The van der Waals surface area contributed by atoms with E-state index in [1.165, 1.54) is 19.4 Å². The number of carboxylic acids is 1. The molecular formula is C8H6N2O3. The second-order valence-corrected chi connectivity index (χ2v) is 2.16. The smallest absolute Gasteiger partial charge is 0.337 e. The van der Waals surface area contributed by atoms with Crippen LogP contribution in [0.3, 0.4) is 0 Å². The monoisotopic (exact) mass is 178 g/mol. The Bertz CT molecular complexity index is 381. The summed E-state index contributed by atoms with van der Waals surface area (Å²) in [6, 6.07) is 2.98. The summed E-state index contributed by atoms with van der Waals surface area (Å²) in [6.45, 7) is 0. The van der Waals surface area contributed by atoms with E-state index in [9.17, 15) is 4.79 Å². The topological polar surface area (TPSA) is 83.2 Å². The van der Waals surface area contributed by atoms with Gasteiger partial charge in [-0.15, -0.1) is 0 Å². The Kier molecular flexibility index (Phi) is 2.45. The summed E-state index contributed by atoms with van der Waals surface area (Å²) >= 11 is 0. The number of pyridine rings is 1. The molecule has 1 aromatic heterocycles. The largest absolute Gasteiger partial charge is 0.480 e. The molecule has 0 atom stereocenters. The van der Waals surface area contributed by atoms with Crippen molar-refractivity contribution >= 4 is 5.97 Å². The molecule has 5 nitrogen and oxygen atoms in total. The molecule has 1 N–H and O–H groups in total. The minimum atomic E-state index is -1.17. The van der Waals surface area contributed by atoms with E-state index >= 15 is 0 Å². The Morgan fingerprint density at radius 3 is 2.92 bits per heavy atom. The zero-order chi connectivity index (χ0) is 9.84. The highest BCUT2D eigenvalue weighted by Gasteiger charge is 2.14. The van der Waals surface area contributed by atoms with Crippen LogP contribution in [0, 0.1) is 11.3 Å². The van der Waals surface area contributed by atoms with Gasteiger partial charge in [-0.05, 0) is 6.07 Å². The SMILES string of the molecule is COc1nccc(C(=O)O)c1C#N.